The number of carbonyl (C=O) groups excluding carboxylic acids is 1. The SMILES string of the molecule is Cc1cccc(-n2nnnc2SC(C)C(=O)NC(C)C)c1. The summed E-state index contributed by atoms with van der Waals surface area (Å²) >= 11 is 1.34. The van der Waals surface area contributed by atoms with Gasteiger partial charge in [0.05, 0.1) is 10.9 Å². The summed E-state index contributed by atoms with van der Waals surface area (Å²) in [6.45, 7) is 7.73. The van der Waals surface area contributed by atoms with Gasteiger partial charge in [-0.1, -0.05) is 23.9 Å². The van der Waals surface area contributed by atoms with Gasteiger partial charge in [-0.3, -0.25) is 4.79 Å². The minimum atomic E-state index is -0.262. The smallest absolute Gasteiger partial charge is 0.233 e. The van der Waals surface area contributed by atoms with Gasteiger partial charge in [0.25, 0.3) is 0 Å². The fourth-order valence-electron chi connectivity index (χ4n) is 1.79. The normalized spacial score (nSPS) is 12.4. The van der Waals surface area contributed by atoms with Crippen LogP contribution in [0.25, 0.3) is 5.69 Å². The molecule has 0 radical (unpaired) electrons. The summed E-state index contributed by atoms with van der Waals surface area (Å²) in [5, 5.41) is 15.0. The van der Waals surface area contributed by atoms with Crippen molar-refractivity contribution in [2.45, 2.75) is 44.1 Å². The van der Waals surface area contributed by atoms with E-state index in [1.165, 1.54) is 11.8 Å². The summed E-state index contributed by atoms with van der Waals surface area (Å²) in [7, 11) is 0. The minimum Gasteiger partial charge on any atom is -0.353 e. The van der Waals surface area contributed by atoms with Crippen LogP contribution in [0.3, 0.4) is 0 Å². The number of tetrazole rings is 1. The zero-order chi connectivity index (χ0) is 15.4. The van der Waals surface area contributed by atoms with E-state index in [9.17, 15) is 4.79 Å². The van der Waals surface area contributed by atoms with Crippen LogP contribution in [0.5, 0.6) is 0 Å². The third kappa shape index (κ3) is 4.04. The minimum absolute atomic E-state index is 0.0196. The third-order valence-electron chi connectivity index (χ3n) is 2.77. The van der Waals surface area contributed by atoms with Crippen molar-refractivity contribution in [3.8, 4) is 5.69 Å². The highest BCUT2D eigenvalue weighted by atomic mass is 32.2. The highest BCUT2D eigenvalue weighted by molar-refractivity contribution is 8.00. The molecular formula is C14H19N5OS. The lowest BCUT2D eigenvalue weighted by molar-refractivity contribution is -0.120. The van der Waals surface area contributed by atoms with Gasteiger partial charge in [-0.05, 0) is 55.8 Å². The van der Waals surface area contributed by atoms with Crippen molar-refractivity contribution in [3.63, 3.8) is 0 Å². The Morgan fingerprint density at radius 2 is 2.10 bits per heavy atom. The fraction of sp³-hybridized carbons (Fsp3) is 0.429. The predicted octanol–water partition coefficient (Wildman–Crippen LogP) is 1.98. The molecular weight excluding hydrogens is 286 g/mol. The molecule has 7 heteroatoms. The van der Waals surface area contributed by atoms with Crippen LogP contribution >= 0.6 is 11.8 Å². The van der Waals surface area contributed by atoms with Gasteiger partial charge in [-0.15, -0.1) is 5.10 Å². The van der Waals surface area contributed by atoms with Gasteiger partial charge >= 0.3 is 0 Å². The van der Waals surface area contributed by atoms with Crippen LogP contribution in [-0.4, -0.2) is 37.4 Å². The number of benzene rings is 1. The second-order valence-electron chi connectivity index (χ2n) is 5.14. The van der Waals surface area contributed by atoms with Crippen LogP contribution in [0.2, 0.25) is 0 Å². The third-order valence-corrected chi connectivity index (χ3v) is 3.80. The van der Waals surface area contributed by atoms with E-state index in [4.69, 9.17) is 0 Å². The number of nitrogens with zero attached hydrogens (tertiary/aromatic N) is 4. The second-order valence-corrected chi connectivity index (χ2v) is 6.44. The molecule has 0 saturated carbocycles. The zero-order valence-electron chi connectivity index (χ0n) is 12.6. The van der Waals surface area contributed by atoms with Gasteiger partial charge in [0.2, 0.25) is 11.1 Å². The molecule has 112 valence electrons. The summed E-state index contributed by atoms with van der Waals surface area (Å²) in [5.41, 5.74) is 2.02. The Hall–Kier alpha value is -1.89. The van der Waals surface area contributed by atoms with E-state index in [-0.39, 0.29) is 17.2 Å². The zero-order valence-corrected chi connectivity index (χ0v) is 13.4. The fourth-order valence-corrected chi connectivity index (χ4v) is 2.60. The molecule has 0 aliphatic carbocycles. The van der Waals surface area contributed by atoms with Gasteiger partial charge in [0, 0.05) is 6.04 Å². The lowest BCUT2D eigenvalue weighted by Gasteiger charge is -2.13. The molecule has 2 rings (SSSR count). The Labute approximate surface area is 128 Å². The number of rotatable bonds is 5. The number of thioether (sulfide) groups is 1. The van der Waals surface area contributed by atoms with Gasteiger partial charge < -0.3 is 5.32 Å². The molecule has 1 amide bonds. The first kappa shape index (κ1) is 15.5. The van der Waals surface area contributed by atoms with Crippen LogP contribution in [0.15, 0.2) is 29.4 Å². The van der Waals surface area contributed by atoms with Gasteiger partial charge in [-0.2, -0.15) is 4.68 Å². The molecule has 0 saturated heterocycles. The largest absolute Gasteiger partial charge is 0.353 e. The standard InChI is InChI=1S/C14H19N5OS/c1-9(2)15-13(20)11(4)21-14-16-17-18-19(14)12-7-5-6-10(3)8-12/h5-9,11H,1-4H3,(H,15,20). The van der Waals surface area contributed by atoms with E-state index in [0.717, 1.165) is 11.3 Å². The number of aromatic nitrogens is 4. The first-order valence-electron chi connectivity index (χ1n) is 6.80. The van der Waals surface area contributed by atoms with Crippen molar-refractivity contribution in [2.75, 3.05) is 0 Å². The molecule has 1 aromatic heterocycles. The molecule has 1 heterocycles. The number of nitrogens with one attached hydrogen (secondary N) is 1. The molecule has 1 aromatic carbocycles. The second kappa shape index (κ2) is 6.71. The van der Waals surface area contributed by atoms with Crippen molar-refractivity contribution < 1.29 is 4.79 Å². The molecule has 1 N–H and O–H groups in total. The molecule has 1 atom stereocenters. The molecule has 0 bridgehead atoms. The van der Waals surface area contributed by atoms with Crippen LogP contribution in [0.1, 0.15) is 26.3 Å². The molecule has 1 unspecified atom stereocenters. The highest BCUT2D eigenvalue weighted by Gasteiger charge is 2.19. The van der Waals surface area contributed by atoms with Gasteiger partial charge in [-0.25, -0.2) is 0 Å². The summed E-state index contributed by atoms with van der Waals surface area (Å²) < 4.78 is 1.65. The summed E-state index contributed by atoms with van der Waals surface area (Å²) in [4.78, 5) is 12.0. The van der Waals surface area contributed by atoms with Crippen LogP contribution < -0.4 is 5.32 Å². The maximum atomic E-state index is 12.0. The van der Waals surface area contributed by atoms with Gasteiger partial charge in [0.15, 0.2) is 0 Å². The maximum Gasteiger partial charge on any atom is 0.233 e. The molecule has 6 nitrogen and oxygen atoms in total. The molecule has 0 spiro atoms. The van der Waals surface area contributed by atoms with Crippen LogP contribution in [0, 0.1) is 6.92 Å². The van der Waals surface area contributed by atoms with Crippen molar-refractivity contribution in [1.82, 2.24) is 25.5 Å². The van der Waals surface area contributed by atoms with Crippen molar-refractivity contribution in [3.05, 3.63) is 29.8 Å². The maximum absolute atomic E-state index is 12.0. The predicted molar refractivity (Wildman–Crippen MR) is 82.5 cm³/mol. The first-order valence-corrected chi connectivity index (χ1v) is 7.68. The molecule has 0 aliphatic rings. The van der Waals surface area contributed by atoms with Gasteiger partial charge in [0.1, 0.15) is 0 Å². The lowest BCUT2D eigenvalue weighted by atomic mass is 10.2. The average molecular weight is 305 g/mol. The van der Waals surface area contributed by atoms with Crippen molar-refractivity contribution >= 4 is 17.7 Å². The summed E-state index contributed by atoms with van der Waals surface area (Å²) in [6.07, 6.45) is 0. The van der Waals surface area contributed by atoms with E-state index >= 15 is 0 Å². The average Bonchev–Trinajstić information content (AvgIpc) is 2.86. The summed E-state index contributed by atoms with van der Waals surface area (Å²) in [5.74, 6) is -0.0196. The quantitative estimate of drug-likeness (QED) is 0.855. The highest BCUT2D eigenvalue weighted by Crippen LogP contribution is 2.23. The number of amides is 1. The number of carbonyl (C=O) groups is 1. The van der Waals surface area contributed by atoms with E-state index < -0.39 is 0 Å². The van der Waals surface area contributed by atoms with Crippen molar-refractivity contribution in [2.24, 2.45) is 0 Å². The Bertz CT molecular complexity index is 625. The van der Waals surface area contributed by atoms with Crippen LogP contribution in [-0.2, 0) is 4.79 Å². The van der Waals surface area contributed by atoms with Crippen molar-refractivity contribution in [1.29, 1.82) is 0 Å². The van der Waals surface area contributed by atoms with E-state index in [1.54, 1.807) is 4.68 Å². The number of hydrogen-bond acceptors (Lipinski definition) is 5. The van der Waals surface area contributed by atoms with E-state index in [2.05, 4.69) is 20.8 Å². The molecule has 21 heavy (non-hydrogen) atoms. The Balaban J connectivity index is 2.16. The Kier molecular flexibility index (Phi) is 4.95. The molecule has 0 fully saturated rings. The number of aryl methyl sites for hydroxylation is 1. The topological polar surface area (TPSA) is 72.7 Å². The lowest BCUT2D eigenvalue weighted by Crippen LogP contribution is -2.36. The molecule has 0 aliphatic heterocycles. The van der Waals surface area contributed by atoms with E-state index in [1.807, 2.05) is 52.0 Å². The van der Waals surface area contributed by atoms with Crippen LogP contribution in [0.4, 0.5) is 0 Å². The Morgan fingerprint density at radius 1 is 1.33 bits per heavy atom. The summed E-state index contributed by atoms with van der Waals surface area (Å²) in [6, 6.07) is 8.02. The first-order chi connectivity index (χ1) is 9.97. The Morgan fingerprint density at radius 3 is 2.76 bits per heavy atom. The molecule has 2 aromatic rings. The number of hydrogen-bond donors (Lipinski definition) is 1. The monoisotopic (exact) mass is 305 g/mol. The van der Waals surface area contributed by atoms with E-state index in [0.29, 0.717) is 5.16 Å².